The summed E-state index contributed by atoms with van der Waals surface area (Å²) in [6.45, 7) is 1.60. The molecule has 76 valence electrons. The number of carbonyl (C=O) groups excluding carboxylic acids is 1. The Bertz CT molecular complexity index is 502. The Morgan fingerprint density at radius 1 is 1.27 bits per heavy atom. The summed E-state index contributed by atoms with van der Waals surface area (Å²) in [5.41, 5.74) is 1.18. The minimum absolute atomic E-state index is 0.136. The zero-order valence-electron chi connectivity index (χ0n) is 8.16. The predicted molar refractivity (Wildman–Crippen MR) is 72.5 cm³/mol. The maximum Gasteiger partial charge on any atom is 0.169 e. The first-order valence-corrected chi connectivity index (χ1v) is 6.43. The molecule has 1 heterocycles. The Balaban J connectivity index is 2.41. The van der Waals surface area contributed by atoms with E-state index in [1.165, 1.54) is 9.13 Å². The molecule has 1 aromatic carbocycles. The fourth-order valence-corrected chi connectivity index (χ4v) is 2.76. The van der Waals surface area contributed by atoms with Crippen molar-refractivity contribution in [1.82, 2.24) is 0 Å². The number of thiophene rings is 1. The van der Waals surface area contributed by atoms with Crippen LogP contribution < -0.4 is 0 Å². The monoisotopic (exact) mass is 328 g/mol. The van der Waals surface area contributed by atoms with Crippen molar-refractivity contribution in [2.75, 3.05) is 0 Å². The fraction of sp³-hybridized carbons (Fsp3) is 0.0833. The molecule has 0 fully saturated rings. The highest BCUT2D eigenvalue weighted by Gasteiger charge is 2.05. The topological polar surface area (TPSA) is 17.1 Å². The number of Topliss-reactive ketones (excluding diaryl/α,β-unsaturated/α-hetero) is 1. The second kappa shape index (κ2) is 4.45. The van der Waals surface area contributed by atoms with Gasteiger partial charge >= 0.3 is 0 Å². The lowest BCUT2D eigenvalue weighted by atomic mass is 10.2. The zero-order valence-corrected chi connectivity index (χ0v) is 11.1. The summed E-state index contributed by atoms with van der Waals surface area (Å²) in [5, 5.41) is 0. The van der Waals surface area contributed by atoms with E-state index >= 15 is 0 Å². The van der Waals surface area contributed by atoms with Crippen molar-refractivity contribution in [1.29, 1.82) is 0 Å². The van der Waals surface area contributed by atoms with Crippen molar-refractivity contribution in [3.8, 4) is 10.4 Å². The maximum absolute atomic E-state index is 11.2. The van der Waals surface area contributed by atoms with E-state index in [9.17, 15) is 4.79 Å². The third kappa shape index (κ3) is 2.46. The number of rotatable bonds is 2. The van der Waals surface area contributed by atoms with Crippen LogP contribution >= 0.6 is 33.9 Å². The van der Waals surface area contributed by atoms with E-state index in [4.69, 9.17) is 0 Å². The van der Waals surface area contributed by atoms with Gasteiger partial charge in [0.2, 0.25) is 0 Å². The lowest BCUT2D eigenvalue weighted by Crippen LogP contribution is -1.83. The molecule has 0 aliphatic carbocycles. The van der Waals surface area contributed by atoms with Crippen molar-refractivity contribution in [3.63, 3.8) is 0 Å². The van der Waals surface area contributed by atoms with E-state index in [1.54, 1.807) is 18.3 Å². The normalized spacial score (nSPS) is 10.3. The van der Waals surface area contributed by atoms with E-state index < -0.39 is 0 Å². The Hall–Kier alpha value is -0.680. The molecule has 0 saturated heterocycles. The molecule has 0 saturated carbocycles. The molecule has 0 atom stereocenters. The van der Waals surface area contributed by atoms with Crippen molar-refractivity contribution in [2.24, 2.45) is 0 Å². The van der Waals surface area contributed by atoms with Gasteiger partial charge in [0.1, 0.15) is 0 Å². The predicted octanol–water partition coefficient (Wildman–Crippen LogP) is 4.22. The van der Waals surface area contributed by atoms with Gasteiger partial charge < -0.3 is 0 Å². The average Bonchev–Trinajstić information content (AvgIpc) is 2.66. The minimum Gasteiger partial charge on any atom is -0.294 e. The Morgan fingerprint density at radius 3 is 2.67 bits per heavy atom. The van der Waals surface area contributed by atoms with Crippen LogP contribution in [-0.4, -0.2) is 5.78 Å². The van der Waals surface area contributed by atoms with Gasteiger partial charge in [0, 0.05) is 8.45 Å². The maximum atomic E-state index is 11.2. The number of ketones is 1. The van der Waals surface area contributed by atoms with Crippen molar-refractivity contribution < 1.29 is 4.79 Å². The first kappa shape index (κ1) is 10.8. The summed E-state index contributed by atoms with van der Waals surface area (Å²) < 4.78 is 1.21. The van der Waals surface area contributed by atoms with E-state index in [-0.39, 0.29) is 5.78 Å². The van der Waals surface area contributed by atoms with Crippen LogP contribution in [0.5, 0.6) is 0 Å². The van der Waals surface area contributed by atoms with E-state index in [0.29, 0.717) is 0 Å². The summed E-state index contributed by atoms with van der Waals surface area (Å²) in [7, 11) is 0. The van der Waals surface area contributed by atoms with Crippen LogP contribution in [0.25, 0.3) is 10.4 Å². The number of hydrogen-bond donors (Lipinski definition) is 0. The van der Waals surface area contributed by atoms with Gasteiger partial charge in [0.05, 0.1) is 4.88 Å². The highest BCUT2D eigenvalue weighted by Crippen LogP contribution is 2.29. The SMILES string of the molecule is CC(=O)c1ccc(-c2cccc(I)c2)s1. The average molecular weight is 328 g/mol. The lowest BCUT2D eigenvalue weighted by molar-refractivity contribution is 0.102. The lowest BCUT2D eigenvalue weighted by Gasteiger charge is -1.97. The summed E-state index contributed by atoms with van der Waals surface area (Å²) in [4.78, 5) is 13.1. The van der Waals surface area contributed by atoms with Crippen LogP contribution in [0.3, 0.4) is 0 Å². The number of halogens is 1. The van der Waals surface area contributed by atoms with Crippen LogP contribution in [0.1, 0.15) is 16.6 Å². The van der Waals surface area contributed by atoms with Gasteiger partial charge in [-0.15, -0.1) is 11.3 Å². The van der Waals surface area contributed by atoms with Crippen LogP contribution in [0.2, 0.25) is 0 Å². The molecule has 0 spiro atoms. The molecule has 0 N–H and O–H groups in total. The largest absolute Gasteiger partial charge is 0.294 e. The Labute approximate surface area is 106 Å². The highest BCUT2D eigenvalue weighted by atomic mass is 127. The molecule has 1 aromatic heterocycles. The van der Waals surface area contributed by atoms with Gasteiger partial charge in [-0.05, 0) is 59.3 Å². The Kier molecular flexibility index (Phi) is 3.21. The summed E-state index contributed by atoms with van der Waals surface area (Å²) in [6, 6.07) is 12.2. The molecule has 2 rings (SSSR count). The van der Waals surface area contributed by atoms with Crippen molar-refractivity contribution in [3.05, 3.63) is 44.8 Å². The van der Waals surface area contributed by atoms with Crippen LogP contribution in [0.15, 0.2) is 36.4 Å². The van der Waals surface area contributed by atoms with Crippen LogP contribution in [-0.2, 0) is 0 Å². The fourth-order valence-electron chi connectivity index (χ4n) is 1.32. The third-order valence-corrected chi connectivity index (χ3v) is 3.97. The van der Waals surface area contributed by atoms with E-state index in [2.05, 4.69) is 40.8 Å². The number of hydrogen-bond acceptors (Lipinski definition) is 2. The summed E-state index contributed by atoms with van der Waals surface area (Å²) in [5.74, 6) is 0.136. The molecule has 0 amide bonds. The summed E-state index contributed by atoms with van der Waals surface area (Å²) in [6.07, 6.45) is 0. The molecule has 1 nitrogen and oxygen atoms in total. The van der Waals surface area contributed by atoms with Crippen molar-refractivity contribution in [2.45, 2.75) is 6.92 Å². The molecule has 0 bridgehead atoms. The molecule has 15 heavy (non-hydrogen) atoms. The molecular formula is C12H9IOS. The standard InChI is InChI=1S/C12H9IOS/c1-8(14)11-5-6-12(15-11)9-3-2-4-10(13)7-9/h2-7H,1H3. The molecule has 0 aliphatic heterocycles. The molecule has 0 radical (unpaired) electrons. The highest BCUT2D eigenvalue weighted by molar-refractivity contribution is 14.1. The second-order valence-corrected chi connectivity index (χ2v) is 5.56. The van der Waals surface area contributed by atoms with Gasteiger partial charge in [0.25, 0.3) is 0 Å². The molecular weight excluding hydrogens is 319 g/mol. The number of benzene rings is 1. The summed E-state index contributed by atoms with van der Waals surface area (Å²) >= 11 is 3.84. The van der Waals surface area contributed by atoms with E-state index in [0.717, 1.165) is 9.75 Å². The molecule has 2 aromatic rings. The van der Waals surface area contributed by atoms with Gasteiger partial charge in [-0.2, -0.15) is 0 Å². The quantitative estimate of drug-likeness (QED) is 0.596. The van der Waals surface area contributed by atoms with Crippen molar-refractivity contribution >= 4 is 39.7 Å². The van der Waals surface area contributed by atoms with E-state index in [1.807, 2.05) is 18.2 Å². The van der Waals surface area contributed by atoms with Crippen LogP contribution in [0.4, 0.5) is 0 Å². The first-order chi connectivity index (χ1) is 7.16. The number of carbonyl (C=O) groups is 1. The smallest absolute Gasteiger partial charge is 0.169 e. The van der Waals surface area contributed by atoms with Gasteiger partial charge in [0.15, 0.2) is 5.78 Å². The zero-order chi connectivity index (χ0) is 10.8. The Morgan fingerprint density at radius 2 is 2.07 bits per heavy atom. The minimum atomic E-state index is 0.136. The van der Waals surface area contributed by atoms with Gasteiger partial charge in [-0.25, -0.2) is 0 Å². The second-order valence-electron chi connectivity index (χ2n) is 3.23. The molecule has 3 heteroatoms. The van der Waals surface area contributed by atoms with Crippen LogP contribution in [0, 0.1) is 3.57 Å². The van der Waals surface area contributed by atoms with Gasteiger partial charge in [-0.3, -0.25) is 4.79 Å². The van der Waals surface area contributed by atoms with Gasteiger partial charge in [-0.1, -0.05) is 12.1 Å². The first-order valence-electron chi connectivity index (χ1n) is 4.53. The third-order valence-electron chi connectivity index (χ3n) is 2.06. The molecule has 0 aliphatic rings. The molecule has 0 unspecified atom stereocenters.